The van der Waals surface area contributed by atoms with Crippen LogP contribution in [-0.2, 0) is 4.74 Å². The molecule has 1 aromatic rings. The Morgan fingerprint density at radius 2 is 2.05 bits per heavy atom. The van der Waals surface area contributed by atoms with Crippen molar-refractivity contribution in [1.82, 2.24) is 5.32 Å². The molecule has 19 heavy (non-hydrogen) atoms. The van der Waals surface area contributed by atoms with E-state index in [0.717, 1.165) is 25.5 Å². The minimum Gasteiger partial charge on any atom is -0.371 e. The van der Waals surface area contributed by atoms with Gasteiger partial charge in [-0.2, -0.15) is 0 Å². The quantitative estimate of drug-likeness (QED) is 0.907. The lowest BCUT2D eigenvalue weighted by atomic mass is 9.83. The van der Waals surface area contributed by atoms with Crippen LogP contribution in [0.4, 0.5) is 8.78 Å². The first-order valence-corrected chi connectivity index (χ1v) is 6.87. The lowest BCUT2D eigenvalue weighted by Crippen LogP contribution is -2.34. The van der Waals surface area contributed by atoms with E-state index in [4.69, 9.17) is 4.74 Å². The number of halogens is 2. The number of ether oxygens (including phenoxy) is 1. The van der Waals surface area contributed by atoms with E-state index >= 15 is 0 Å². The molecule has 1 N–H and O–H groups in total. The summed E-state index contributed by atoms with van der Waals surface area (Å²) in [5.41, 5.74) is 0.544. The van der Waals surface area contributed by atoms with Crippen molar-refractivity contribution in [1.29, 1.82) is 0 Å². The summed E-state index contributed by atoms with van der Waals surface area (Å²) in [6, 6.07) is 3.66. The summed E-state index contributed by atoms with van der Waals surface area (Å²) >= 11 is 0. The molecule has 1 aliphatic heterocycles. The Kier molecular flexibility index (Phi) is 4.53. The van der Waals surface area contributed by atoms with E-state index in [0.29, 0.717) is 18.7 Å². The molecular formula is C15H21F2NO. The standard InChI is InChI=1S/C15H21F2NO/c1-3-15(4-2)9-18-8-14(19-10-15)12-6-5-11(16)7-13(12)17/h5-7,14,18H,3-4,8-10H2,1-2H3. The Labute approximate surface area is 113 Å². The predicted molar refractivity (Wildman–Crippen MR) is 70.9 cm³/mol. The summed E-state index contributed by atoms with van der Waals surface area (Å²) in [5, 5.41) is 3.35. The first kappa shape index (κ1) is 14.4. The lowest BCUT2D eigenvalue weighted by molar-refractivity contribution is 0.00870. The molecule has 4 heteroatoms. The van der Waals surface area contributed by atoms with Gasteiger partial charge in [0.25, 0.3) is 0 Å². The van der Waals surface area contributed by atoms with E-state index in [9.17, 15) is 8.78 Å². The number of rotatable bonds is 3. The molecule has 1 heterocycles. The molecule has 1 fully saturated rings. The average molecular weight is 269 g/mol. The molecule has 0 radical (unpaired) electrons. The second-order valence-corrected chi connectivity index (χ2v) is 5.30. The molecule has 1 unspecified atom stereocenters. The van der Waals surface area contributed by atoms with Gasteiger partial charge in [-0.15, -0.1) is 0 Å². The smallest absolute Gasteiger partial charge is 0.131 e. The van der Waals surface area contributed by atoms with Gasteiger partial charge in [0.1, 0.15) is 11.6 Å². The fourth-order valence-corrected chi connectivity index (χ4v) is 2.52. The van der Waals surface area contributed by atoms with Gasteiger partial charge in [0.2, 0.25) is 0 Å². The van der Waals surface area contributed by atoms with Crippen molar-refractivity contribution >= 4 is 0 Å². The van der Waals surface area contributed by atoms with Crippen LogP contribution in [-0.4, -0.2) is 19.7 Å². The average Bonchev–Trinajstić information content (AvgIpc) is 2.62. The zero-order valence-electron chi connectivity index (χ0n) is 11.5. The number of hydrogen-bond donors (Lipinski definition) is 1. The van der Waals surface area contributed by atoms with Gasteiger partial charge in [-0.25, -0.2) is 8.78 Å². The summed E-state index contributed by atoms with van der Waals surface area (Å²) in [7, 11) is 0. The normalized spacial score (nSPS) is 23.1. The Morgan fingerprint density at radius 3 is 2.68 bits per heavy atom. The lowest BCUT2D eigenvalue weighted by Gasteiger charge is -2.29. The van der Waals surface area contributed by atoms with Crippen LogP contribution >= 0.6 is 0 Å². The van der Waals surface area contributed by atoms with Gasteiger partial charge in [0.15, 0.2) is 0 Å². The summed E-state index contributed by atoms with van der Waals surface area (Å²) in [5.74, 6) is -1.09. The maximum absolute atomic E-state index is 13.8. The SMILES string of the molecule is CCC1(CC)CNCC(c2ccc(F)cc2F)OC1. The monoisotopic (exact) mass is 269 g/mol. The van der Waals surface area contributed by atoms with Gasteiger partial charge < -0.3 is 10.1 Å². The van der Waals surface area contributed by atoms with E-state index in [1.165, 1.54) is 12.1 Å². The third-order valence-electron chi connectivity index (χ3n) is 4.23. The Balaban J connectivity index is 2.15. The highest BCUT2D eigenvalue weighted by atomic mass is 19.1. The van der Waals surface area contributed by atoms with Crippen LogP contribution in [0.2, 0.25) is 0 Å². The minimum atomic E-state index is -0.556. The fourth-order valence-electron chi connectivity index (χ4n) is 2.52. The number of nitrogens with one attached hydrogen (secondary N) is 1. The molecule has 0 saturated carbocycles. The van der Waals surface area contributed by atoms with Crippen molar-refractivity contribution in [3.8, 4) is 0 Å². The molecule has 0 amide bonds. The molecule has 2 rings (SSSR count). The molecular weight excluding hydrogens is 248 g/mol. The fraction of sp³-hybridized carbons (Fsp3) is 0.600. The van der Waals surface area contributed by atoms with E-state index in [1.807, 2.05) is 0 Å². The third-order valence-corrected chi connectivity index (χ3v) is 4.23. The van der Waals surface area contributed by atoms with Crippen molar-refractivity contribution in [3.05, 3.63) is 35.4 Å². The van der Waals surface area contributed by atoms with Crippen LogP contribution in [0.5, 0.6) is 0 Å². The highest BCUT2D eigenvalue weighted by molar-refractivity contribution is 5.21. The Morgan fingerprint density at radius 1 is 1.32 bits per heavy atom. The summed E-state index contributed by atoms with van der Waals surface area (Å²) in [4.78, 5) is 0. The molecule has 0 aliphatic carbocycles. The van der Waals surface area contributed by atoms with Crippen molar-refractivity contribution in [2.45, 2.75) is 32.8 Å². The number of benzene rings is 1. The van der Waals surface area contributed by atoms with Crippen LogP contribution in [0.15, 0.2) is 18.2 Å². The second-order valence-electron chi connectivity index (χ2n) is 5.30. The van der Waals surface area contributed by atoms with Crippen LogP contribution < -0.4 is 5.32 Å². The molecule has 106 valence electrons. The van der Waals surface area contributed by atoms with Gasteiger partial charge in [0, 0.05) is 30.1 Å². The number of hydrogen-bond acceptors (Lipinski definition) is 2. The third kappa shape index (κ3) is 3.12. The van der Waals surface area contributed by atoms with Gasteiger partial charge in [-0.3, -0.25) is 0 Å². The van der Waals surface area contributed by atoms with Crippen LogP contribution in [0.3, 0.4) is 0 Å². The molecule has 0 spiro atoms. The maximum Gasteiger partial charge on any atom is 0.131 e. The van der Waals surface area contributed by atoms with Crippen molar-refractivity contribution < 1.29 is 13.5 Å². The zero-order chi connectivity index (χ0) is 13.9. The summed E-state index contributed by atoms with van der Waals surface area (Å²) in [6.45, 7) is 6.33. The van der Waals surface area contributed by atoms with Crippen LogP contribution in [0.1, 0.15) is 38.4 Å². The molecule has 0 aromatic heterocycles. The van der Waals surface area contributed by atoms with E-state index < -0.39 is 11.6 Å². The van der Waals surface area contributed by atoms with E-state index in [-0.39, 0.29) is 11.5 Å². The Hall–Kier alpha value is -1.00. The largest absolute Gasteiger partial charge is 0.371 e. The maximum atomic E-state index is 13.8. The second kappa shape index (κ2) is 5.97. The van der Waals surface area contributed by atoms with Crippen molar-refractivity contribution in [2.75, 3.05) is 19.7 Å². The molecule has 1 aliphatic rings. The molecule has 0 bridgehead atoms. The molecule has 1 aromatic carbocycles. The molecule has 1 saturated heterocycles. The van der Waals surface area contributed by atoms with Crippen molar-refractivity contribution in [2.24, 2.45) is 5.41 Å². The minimum absolute atomic E-state index is 0.116. The van der Waals surface area contributed by atoms with Crippen LogP contribution in [0, 0.1) is 17.0 Å². The highest BCUT2D eigenvalue weighted by Crippen LogP contribution is 2.32. The van der Waals surface area contributed by atoms with Gasteiger partial charge in [-0.05, 0) is 18.9 Å². The Bertz CT molecular complexity index is 432. The zero-order valence-corrected chi connectivity index (χ0v) is 11.5. The van der Waals surface area contributed by atoms with Gasteiger partial charge >= 0.3 is 0 Å². The first-order chi connectivity index (χ1) is 9.10. The van der Waals surface area contributed by atoms with Crippen molar-refractivity contribution in [3.63, 3.8) is 0 Å². The van der Waals surface area contributed by atoms with E-state index in [2.05, 4.69) is 19.2 Å². The summed E-state index contributed by atoms with van der Waals surface area (Å²) < 4.78 is 32.6. The van der Waals surface area contributed by atoms with Crippen LogP contribution in [0.25, 0.3) is 0 Å². The summed E-state index contributed by atoms with van der Waals surface area (Å²) in [6.07, 6.45) is 1.70. The van der Waals surface area contributed by atoms with Gasteiger partial charge in [0.05, 0.1) is 12.7 Å². The highest BCUT2D eigenvalue weighted by Gasteiger charge is 2.31. The molecule has 1 atom stereocenters. The van der Waals surface area contributed by atoms with E-state index in [1.54, 1.807) is 0 Å². The molecule has 2 nitrogen and oxygen atoms in total. The van der Waals surface area contributed by atoms with Gasteiger partial charge in [-0.1, -0.05) is 19.9 Å². The predicted octanol–water partition coefficient (Wildman–Crippen LogP) is 3.43. The first-order valence-electron chi connectivity index (χ1n) is 6.87. The topological polar surface area (TPSA) is 21.3 Å².